The van der Waals surface area contributed by atoms with Crippen LogP contribution in [0.3, 0.4) is 0 Å². The fourth-order valence-corrected chi connectivity index (χ4v) is 4.33. The zero-order valence-electron chi connectivity index (χ0n) is 17.8. The number of sulfonamides is 1. The van der Waals surface area contributed by atoms with Gasteiger partial charge in [-0.3, -0.25) is 9.80 Å². The number of nitrogens with one attached hydrogen (secondary N) is 2. The molecular weight excluding hydrogens is 461 g/mol. The van der Waals surface area contributed by atoms with Crippen molar-refractivity contribution in [3.8, 4) is 0 Å². The predicted octanol–water partition coefficient (Wildman–Crippen LogP) is 0.645. The quantitative estimate of drug-likeness (QED) is 0.340. The van der Waals surface area contributed by atoms with Crippen LogP contribution in [-0.4, -0.2) is 94.4 Å². The van der Waals surface area contributed by atoms with Crippen LogP contribution in [0.15, 0.2) is 18.2 Å². The molecule has 0 bridgehead atoms. The Morgan fingerprint density at radius 2 is 2.03 bits per heavy atom. The highest BCUT2D eigenvalue weighted by Crippen LogP contribution is 2.28. The highest BCUT2D eigenvalue weighted by atomic mass is 32.2. The summed E-state index contributed by atoms with van der Waals surface area (Å²) in [7, 11) is -3.17. The van der Waals surface area contributed by atoms with Crippen LogP contribution in [0, 0.1) is 5.82 Å². The second-order valence-electron chi connectivity index (χ2n) is 7.79. The number of aliphatic hydroxyl groups is 1. The third-order valence-electron chi connectivity index (χ3n) is 5.33. The lowest BCUT2D eigenvalue weighted by atomic mass is 10.2. The highest BCUT2D eigenvalue weighted by Gasteiger charge is 2.33. The minimum atomic E-state index is -3.17. The van der Waals surface area contributed by atoms with Crippen LogP contribution in [0.4, 0.5) is 20.6 Å². The number of thiocarbonyl (C=S) groups is 1. The van der Waals surface area contributed by atoms with Crippen molar-refractivity contribution in [3.63, 3.8) is 0 Å². The molecule has 3 N–H and O–H groups in total. The number of ether oxygens (including phenoxy) is 1. The van der Waals surface area contributed by atoms with Crippen LogP contribution in [-0.2, 0) is 14.8 Å². The van der Waals surface area contributed by atoms with Gasteiger partial charge in [0.15, 0.2) is 0 Å². The number of rotatable bonds is 9. The normalized spacial score (nSPS) is 19.8. The van der Waals surface area contributed by atoms with Gasteiger partial charge < -0.3 is 20.1 Å². The molecule has 13 heteroatoms. The molecule has 0 aromatic heterocycles. The van der Waals surface area contributed by atoms with Gasteiger partial charge in [-0.1, -0.05) is 0 Å². The molecule has 1 unspecified atom stereocenters. The summed E-state index contributed by atoms with van der Waals surface area (Å²) in [5.74, 6) is -0.417. The number of cyclic esters (lactones) is 1. The summed E-state index contributed by atoms with van der Waals surface area (Å²) in [5.41, 5.74) is 0.880. The molecule has 2 aliphatic rings. The zero-order valence-corrected chi connectivity index (χ0v) is 19.4. The molecule has 32 heavy (non-hydrogen) atoms. The maximum absolute atomic E-state index is 14.9. The average Bonchev–Trinajstić information content (AvgIpc) is 3.10. The van der Waals surface area contributed by atoms with Crippen LogP contribution in [0.2, 0.25) is 0 Å². The van der Waals surface area contributed by atoms with Crippen molar-refractivity contribution in [1.29, 1.82) is 0 Å². The molecule has 3 rings (SSSR count). The Morgan fingerprint density at radius 3 is 2.66 bits per heavy atom. The van der Waals surface area contributed by atoms with Gasteiger partial charge in [0.2, 0.25) is 10.0 Å². The van der Waals surface area contributed by atoms with E-state index in [1.165, 1.54) is 11.0 Å². The molecular formula is C19H28FN5O5S2. The van der Waals surface area contributed by atoms with E-state index in [0.717, 1.165) is 25.9 Å². The van der Waals surface area contributed by atoms with E-state index < -0.39 is 28.0 Å². The molecule has 2 aliphatic heterocycles. The third kappa shape index (κ3) is 6.89. The van der Waals surface area contributed by atoms with Gasteiger partial charge in [-0.2, -0.15) is 0 Å². The summed E-state index contributed by atoms with van der Waals surface area (Å²) in [6.45, 7) is 4.36. The Kier molecular flexibility index (Phi) is 8.09. The Bertz CT molecular complexity index is 940. The van der Waals surface area contributed by atoms with Crippen LogP contribution in [0.25, 0.3) is 0 Å². The Hall–Kier alpha value is -2.22. The third-order valence-corrected chi connectivity index (χ3v) is 6.20. The first kappa shape index (κ1) is 24.4. The lowest BCUT2D eigenvalue weighted by Gasteiger charge is -2.36. The maximum atomic E-state index is 14.9. The summed E-state index contributed by atoms with van der Waals surface area (Å²) in [4.78, 5) is 17.7. The maximum Gasteiger partial charge on any atom is 0.414 e. The number of benzene rings is 1. The Balaban J connectivity index is 1.50. The molecule has 10 nitrogen and oxygen atoms in total. The molecule has 0 saturated carbocycles. The summed E-state index contributed by atoms with van der Waals surface area (Å²) < 4.78 is 44.7. The van der Waals surface area contributed by atoms with Crippen molar-refractivity contribution < 1.29 is 27.4 Å². The van der Waals surface area contributed by atoms with Gasteiger partial charge in [-0.25, -0.2) is 22.3 Å². The second kappa shape index (κ2) is 10.6. The van der Waals surface area contributed by atoms with Crippen LogP contribution >= 0.6 is 12.2 Å². The number of halogens is 1. The van der Waals surface area contributed by atoms with E-state index in [-0.39, 0.29) is 18.3 Å². The highest BCUT2D eigenvalue weighted by molar-refractivity contribution is 7.88. The average molecular weight is 490 g/mol. The lowest BCUT2D eigenvalue weighted by molar-refractivity contribution is 0.142. The van der Waals surface area contributed by atoms with E-state index in [9.17, 15) is 17.6 Å². The van der Waals surface area contributed by atoms with Crippen molar-refractivity contribution in [3.05, 3.63) is 24.0 Å². The van der Waals surface area contributed by atoms with Crippen molar-refractivity contribution in [2.75, 3.05) is 68.4 Å². The molecule has 0 spiro atoms. The number of carbonyl (C=O) groups excluding carboxylic acids is 1. The number of carbonyl (C=O) groups is 1. The van der Waals surface area contributed by atoms with Crippen LogP contribution in [0.1, 0.15) is 6.42 Å². The van der Waals surface area contributed by atoms with Gasteiger partial charge in [0.25, 0.3) is 5.17 Å². The first-order chi connectivity index (χ1) is 15.1. The molecule has 0 aliphatic carbocycles. The van der Waals surface area contributed by atoms with Crippen molar-refractivity contribution >= 4 is 44.9 Å². The molecule has 0 radical (unpaired) electrons. The molecule has 1 aromatic rings. The number of hydrogen-bond acceptors (Lipinski definition) is 7. The van der Waals surface area contributed by atoms with Crippen molar-refractivity contribution in [2.45, 2.75) is 12.5 Å². The SMILES string of the molecule is CS(=O)(=O)NCCCN1CCN(c2ccc(N3CC(CNC(O)=S)OC3=O)cc2F)CC1. The molecule has 2 saturated heterocycles. The number of aliphatic hydroxyl groups excluding tert-OH is 1. The van der Waals surface area contributed by atoms with E-state index in [1.807, 2.05) is 4.90 Å². The smallest absolute Gasteiger partial charge is 0.414 e. The Labute approximate surface area is 192 Å². The zero-order chi connectivity index (χ0) is 23.3. The first-order valence-corrected chi connectivity index (χ1v) is 12.6. The van der Waals surface area contributed by atoms with Crippen molar-refractivity contribution in [1.82, 2.24) is 14.9 Å². The number of hydrogen-bond donors (Lipinski definition) is 3. The second-order valence-corrected chi connectivity index (χ2v) is 10.0. The van der Waals surface area contributed by atoms with Gasteiger partial charge in [0, 0.05) is 32.7 Å². The predicted molar refractivity (Wildman–Crippen MR) is 123 cm³/mol. The number of amides is 1. The fraction of sp³-hybridized carbons (Fsp3) is 0.579. The number of piperazine rings is 1. The van der Waals surface area contributed by atoms with Crippen molar-refractivity contribution in [2.24, 2.45) is 0 Å². The number of anilines is 2. The molecule has 1 aromatic carbocycles. The fourth-order valence-electron chi connectivity index (χ4n) is 3.73. The van der Waals surface area contributed by atoms with Crippen LogP contribution in [0.5, 0.6) is 0 Å². The van der Waals surface area contributed by atoms with E-state index in [2.05, 4.69) is 27.2 Å². The van der Waals surface area contributed by atoms with Gasteiger partial charge in [-0.15, -0.1) is 0 Å². The van der Waals surface area contributed by atoms with E-state index in [4.69, 9.17) is 9.84 Å². The van der Waals surface area contributed by atoms with Gasteiger partial charge in [0.05, 0.1) is 30.7 Å². The minimum absolute atomic E-state index is 0.173. The molecule has 1 amide bonds. The largest absolute Gasteiger partial charge is 0.487 e. The summed E-state index contributed by atoms with van der Waals surface area (Å²) in [6, 6.07) is 4.68. The monoisotopic (exact) mass is 489 g/mol. The van der Waals surface area contributed by atoms with Gasteiger partial charge >= 0.3 is 6.09 Å². The molecule has 2 fully saturated rings. The Morgan fingerprint density at radius 1 is 1.31 bits per heavy atom. The minimum Gasteiger partial charge on any atom is -0.487 e. The number of nitrogens with zero attached hydrogens (tertiary/aromatic N) is 3. The molecule has 2 heterocycles. The van der Waals surface area contributed by atoms with E-state index >= 15 is 0 Å². The topological polar surface area (TPSA) is 114 Å². The molecule has 178 valence electrons. The summed E-state index contributed by atoms with van der Waals surface area (Å²) in [5, 5.41) is 11.2. The van der Waals surface area contributed by atoms with Gasteiger partial charge in [-0.05, 0) is 43.4 Å². The van der Waals surface area contributed by atoms with Gasteiger partial charge in [0.1, 0.15) is 11.9 Å². The van der Waals surface area contributed by atoms with Crippen LogP contribution < -0.4 is 19.8 Å². The first-order valence-electron chi connectivity index (χ1n) is 10.3. The summed E-state index contributed by atoms with van der Waals surface area (Å²) >= 11 is 4.53. The summed E-state index contributed by atoms with van der Waals surface area (Å²) in [6.07, 6.45) is 0.770. The lowest BCUT2D eigenvalue weighted by Crippen LogP contribution is -2.47. The molecule has 1 atom stereocenters. The standard InChI is InChI=1S/C19H28FN5O5S2/c1-32(28,29)22-5-2-6-23-7-9-24(10-8-23)17-4-3-14(11-16(17)20)25-13-15(30-19(25)27)12-21-18(26)31/h3-4,11,15,22H,2,5-10,12-13H2,1H3,(H2,21,26,31). The van der Waals surface area contributed by atoms with E-state index in [1.54, 1.807) is 12.1 Å². The van der Waals surface area contributed by atoms with E-state index in [0.29, 0.717) is 37.4 Å².